The highest BCUT2D eigenvalue weighted by molar-refractivity contribution is 7.99. The van der Waals surface area contributed by atoms with Crippen molar-refractivity contribution in [2.75, 3.05) is 31.1 Å². The molecular formula is C24H23F3N4OS. The number of carbonyl (C=O) groups is 1. The Labute approximate surface area is 194 Å². The number of nitrogens with zero attached hydrogens (tertiary/aromatic N) is 4. The summed E-state index contributed by atoms with van der Waals surface area (Å²) in [7, 11) is 0. The molecule has 3 heterocycles. The van der Waals surface area contributed by atoms with Crippen LogP contribution in [0.2, 0.25) is 0 Å². The zero-order chi connectivity index (χ0) is 23.6. The van der Waals surface area contributed by atoms with Crippen molar-refractivity contribution in [2.45, 2.75) is 29.9 Å². The summed E-state index contributed by atoms with van der Waals surface area (Å²) in [6, 6.07) is 12.1. The van der Waals surface area contributed by atoms with Gasteiger partial charge in [-0.05, 0) is 61.4 Å². The summed E-state index contributed by atoms with van der Waals surface area (Å²) in [5, 5.41) is 0.651. The molecule has 0 radical (unpaired) electrons. The number of aryl methyl sites for hydroxylation is 2. The quantitative estimate of drug-likeness (QED) is 0.521. The van der Waals surface area contributed by atoms with Crippen LogP contribution in [0.5, 0.6) is 0 Å². The third-order valence-electron chi connectivity index (χ3n) is 5.66. The molecule has 0 aliphatic carbocycles. The van der Waals surface area contributed by atoms with Gasteiger partial charge in [0.15, 0.2) is 0 Å². The number of halogens is 3. The molecule has 1 aliphatic heterocycles. The molecule has 0 unspecified atom stereocenters. The lowest BCUT2D eigenvalue weighted by atomic mass is 10.1. The highest BCUT2D eigenvalue weighted by Gasteiger charge is 2.31. The molecule has 1 fully saturated rings. The normalized spacial score (nSPS) is 14.5. The van der Waals surface area contributed by atoms with E-state index in [-0.39, 0.29) is 5.91 Å². The summed E-state index contributed by atoms with van der Waals surface area (Å²) >= 11 is 1.46. The summed E-state index contributed by atoms with van der Waals surface area (Å²) in [5.74, 6) is 0.372. The predicted octanol–water partition coefficient (Wildman–Crippen LogP) is 5.23. The lowest BCUT2D eigenvalue weighted by molar-refractivity contribution is -0.137. The molecule has 0 N–H and O–H groups in total. The van der Waals surface area contributed by atoms with Crippen LogP contribution in [0.1, 0.15) is 27.0 Å². The maximum atomic E-state index is 13.2. The number of carbonyl (C=O) groups excluding carboxylic acids is 1. The second kappa shape index (κ2) is 9.43. The largest absolute Gasteiger partial charge is 0.417 e. The van der Waals surface area contributed by atoms with Crippen molar-refractivity contribution in [1.82, 2.24) is 14.9 Å². The lowest BCUT2D eigenvalue weighted by Crippen LogP contribution is -2.49. The average Bonchev–Trinajstić information content (AvgIpc) is 2.81. The smallest absolute Gasteiger partial charge is 0.353 e. The first-order valence-corrected chi connectivity index (χ1v) is 11.3. The van der Waals surface area contributed by atoms with Crippen LogP contribution in [0.25, 0.3) is 0 Å². The van der Waals surface area contributed by atoms with Crippen LogP contribution in [0, 0.1) is 13.8 Å². The first kappa shape index (κ1) is 23.1. The Hall–Kier alpha value is -3.07. The molecule has 1 aliphatic rings. The first-order chi connectivity index (χ1) is 15.7. The first-order valence-electron chi connectivity index (χ1n) is 10.5. The van der Waals surface area contributed by atoms with E-state index in [2.05, 4.69) is 35.9 Å². The zero-order valence-electron chi connectivity index (χ0n) is 18.3. The predicted molar refractivity (Wildman–Crippen MR) is 122 cm³/mol. The van der Waals surface area contributed by atoms with E-state index in [9.17, 15) is 18.0 Å². The Balaban J connectivity index is 1.43. The minimum absolute atomic E-state index is 0.102. The molecule has 1 saturated heterocycles. The van der Waals surface area contributed by atoms with Crippen molar-refractivity contribution in [2.24, 2.45) is 0 Å². The Morgan fingerprint density at radius 2 is 1.73 bits per heavy atom. The van der Waals surface area contributed by atoms with Crippen LogP contribution in [0.15, 0.2) is 64.8 Å². The van der Waals surface area contributed by atoms with Gasteiger partial charge in [0.05, 0.1) is 11.1 Å². The molecule has 0 spiro atoms. The van der Waals surface area contributed by atoms with Gasteiger partial charge in [-0.25, -0.2) is 9.97 Å². The topological polar surface area (TPSA) is 49.3 Å². The molecule has 4 rings (SSSR count). The minimum Gasteiger partial charge on any atom is -0.353 e. The molecule has 3 aromatic rings. The van der Waals surface area contributed by atoms with Crippen molar-refractivity contribution in [1.29, 1.82) is 0 Å². The summed E-state index contributed by atoms with van der Waals surface area (Å²) < 4.78 is 38.3. The second-order valence-corrected chi connectivity index (χ2v) is 8.95. The molecule has 5 nitrogen and oxygen atoms in total. The number of piperazine rings is 1. The highest BCUT2D eigenvalue weighted by Crippen LogP contribution is 2.31. The molecule has 33 heavy (non-hydrogen) atoms. The van der Waals surface area contributed by atoms with Crippen LogP contribution in [0.3, 0.4) is 0 Å². The molecule has 2 aromatic heterocycles. The molecule has 1 amide bonds. The number of benzene rings is 1. The number of pyridine rings is 2. The van der Waals surface area contributed by atoms with Gasteiger partial charge in [-0.1, -0.05) is 17.8 Å². The van der Waals surface area contributed by atoms with Crippen molar-refractivity contribution in [3.8, 4) is 0 Å². The maximum Gasteiger partial charge on any atom is 0.417 e. The molecular weight excluding hydrogens is 449 g/mol. The van der Waals surface area contributed by atoms with E-state index in [0.717, 1.165) is 17.2 Å². The van der Waals surface area contributed by atoms with Gasteiger partial charge in [0.25, 0.3) is 5.91 Å². The van der Waals surface area contributed by atoms with Gasteiger partial charge in [0.2, 0.25) is 0 Å². The molecule has 1 aromatic carbocycles. The molecule has 0 atom stereocenters. The van der Waals surface area contributed by atoms with E-state index in [4.69, 9.17) is 0 Å². The van der Waals surface area contributed by atoms with E-state index < -0.39 is 11.7 Å². The van der Waals surface area contributed by atoms with Gasteiger partial charge >= 0.3 is 6.18 Å². The van der Waals surface area contributed by atoms with Gasteiger partial charge in [-0.15, -0.1) is 0 Å². The van der Waals surface area contributed by atoms with Crippen LogP contribution >= 0.6 is 11.8 Å². The van der Waals surface area contributed by atoms with Crippen LogP contribution in [0.4, 0.5) is 19.0 Å². The van der Waals surface area contributed by atoms with E-state index in [1.165, 1.54) is 29.0 Å². The van der Waals surface area contributed by atoms with Crippen LogP contribution in [-0.4, -0.2) is 47.0 Å². The monoisotopic (exact) mass is 472 g/mol. The maximum absolute atomic E-state index is 13.2. The van der Waals surface area contributed by atoms with Gasteiger partial charge in [-0.3, -0.25) is 4.79 Å². The second-order valence-electron chi connectivity index (χ2n) is 7.89. The van der Waals surface area contributed by atoms with Gasteiger partial charge in [0.1, 0.15) is 10.8 Å². The number of aromatic nitrogens is 2. The Morgan fingerprint density at radius 3 is 2.36 bits per heavy atom. The van der Waals surface area contributed by atoms with Crippen molar-refractivity contribution < 1.29 is 18.0 Å². The van der Waals surface area contributed by atoms with Crippen LogP contribution < -0.4 is 4.90 Å². The zero-order valence-corrected chi connectivity index (χ0v) is 19.1. The summed E-state index contributed by atoms with van der Waals surface area (Å²) in [5.41, 5.74) is 2.15. The average molecular weight is 473 g/mol. The Kier molecular flexibility index (Phi) is 6.60. The highest BCUT2D eigenvalue weighted by atomic mass is 32.2. The van der Waals surface area contributed by atoms with E-state index in [1.807, 2.05) is 11.0 Å². The lowest BCUT2D eigenvalue weighted by Gasteiger charge is -2.35. The third-order valence-corrected chi connectivity index (χ3v) is 6.67. The molecule has 0 saturated carbocycles. The number of alkyl halides is 3. The molecule has 172 valence electrons. The summed E-state index contributed by atoms with van der Waals surface area (Å²) in [6.07, 6.45) is -1.89. The number of rotatable bonds is 4. The number of hydrogen-bond donors (Lipinski definition) is 0. The Bertz CT molecular complexity index is 1140. The SMILES string of the molecule is Cc1ccc(Sc2ncccc2C(=O)N2CCN(c3ccc(C(F)(F)F)cn3)CC2)cc1C. The Morgan fingerprint density at radius 1 is 0.970 bits per heavy atom. The standard InChI is InChI=1S/C24H23F3N4OS/c1-16-5-7-19(14-17(16)2)33-22-20(4-3-9-28-22)23(32)31-12-10-30(11-13-31)21-8-6-18(15-29-21)24(25,26)27/h3-9,14-15H,10-13H2,1-2H3. The number of amides is 1. The third kappa shape index (κ3) is 5.30. The van der Waals surface area contributed by atoms with E-state index >= 15 is 0 Å². The van der Waals surface area contributed by atoms with Crippen molar-refractivity contribution >= 4 is 23.5 Å². The van der Waals surface area contributed by atoms with E-state index in [1.54, 1.807) is 23.2 Å². The summed E-state index contributed by atoms with van der Waals surface area (Å²) in [6.45, 7) is 5.98. The van der Waals surface area contributed by atoms with Gasteiger partial charge in [0, 0.05) is 43.5 Å². The van der Waals surface area contributed by atoms with Crippen LogP contribution in [-0.2, 0) is 6.18 Å². The van der Waals surface area contributed by atoms with Gasteiger partial charge < -0.3 is 9.80 Å². The fourth-order valence-electron chi connectivity index (χ4n) is 3.57. The van der Waals surface area contributed by atoms with Crippen molar-refractivity contribution in [3.05, 3.63) is 77.1 Å². The summed E-state index contributed by atoms with van der Waals surface area (Å²) in [4.78, 5) is 26.3. The van der Waals surface area contributed by atoms with E-state index in [0.29, 0.717) is 42.6 Å². The fourth-order valence-corrected chi connectivity index (χ4v) is 4.55. The fraction of sp³-hybridized carbons (Fsp3) is 0.292. The minimum atomic E-state index is -4.41. The number of anilines is 1. The molecule has 0 bridgehead atoms. The van der Waals surface area contributed by atoms with Gasteiger partial charge in [-0.2, -0.15) is 13.2 Å². The number of hydrogen-bond acceptors (Lipinski definition) is 5. The molecule has 9 heteroatoms. The van der Waals surface area contributed by atoms with Crippen molar-refractivity contribution in [3.63, 3.8) is 0 Å².